The highest BCUT2D eigenvalue weighted by Gasteiger charge is 2.34. The van der Waals surface area contributed by atoms with Crippen LogP contribution in [0.25, 0.3) is 0 Å². The molecule has 5 heterocycles. The highest BCUT2D eigenvalue weighted by molar-refractivity contribution is 5.81. The summed E-state index contributed by atoms with van der Waals surface area (Å²) in [4.78, 5) is 56.1. The molecule has 26 heteroatoms. The fourth-order valence-corrected chi connectivity index (χ4v) is 7.37. The molecule has 2 saturated heterocycles. The SMILES string of the molecule is C#CCOCCOCCOCCNc1nc(N2CCN(C(=O)[C@H]([C@@H](C)CC)n3cc(CCC[NH+]=C(N)N)nn3)CC2)nc(N2CCN(C(=O)[C@H](C)n3cc(CCC[NH+]=C(N)N)nn3)CC2)n1.[Cl-]. The predicted octanol–water partition coefficient (Wildman–Crippen LogP) is -8.43. The van der Waals surface area contributed by atoms with Crippen molar-refractivity contribution in [2.75, 3.05) is 127 Å². The molecular formula is C41H70ClN20O5+. The van der Waals surface area contributed by atoms with Gasteiger partial charge in [-0.25, -0.2) is 9.36 Å². The van der Waals surface area contributed by atoms with Gasteiger partial charge in [0.1, 0.15) is 18.7 Å². The van der Waals surface area contributed by atoms with Gasteiger partial charge in [-0.05, 0) is 38.5 Å². The van der Waals surface area contributed by atoms with E-state index in [-0.39, 0.29) is 48.7 Å². The van der Waals surface area contributed by atoms with E-state index in [1.807, 2.05) is 29.1 Å². The fraction of sp³-hybridized carbons (Fsp3) is 0.683. The van der Waals surface area contributed by atoms with Crippen molar-refractivity contribution in [3.63, 3.8) is 0 Å². The molecule has 3 aromatic heterocycles. The first-order valence-corrected chi connectivity index (χ1v) is 22.8. The van der Waals surface area contributed by atoms with E-state index in [1.54, 1.807) is 9.36 Å². The minimum Gasteiger partial charge on any atom is -1.00 e. The predicted molar refractivity (Wildman–Crippen MR) is 246 cm³/mol. The standard InChI is InChI=1S/C41H68N20O5.ClH/c1-5-22-64-24-26-66-27-25-65-23-13-48-39-49-40(58-18-14-56(15-19-58)35(62)31(4)60-28-32(52-54-60)9-7-11-46-37(42)43)51-41(50-39)59-20-16-57(17-21-59)36(63)34(30(3)6-2)61-29-33(53-55-61)10-8-12-47-38(44)45;/h1,28-31,34H,6-27H2,2-4H3,(H4,42,43,46)(H4,44,45,47)(H,48,49,50,51);1H/p+1/t30-,31-,34-;/m0./s1. The number of ether oxygens (including phenoxy) is 3. The van der Waals surface area contributed by atoms with Crippen molar-refractivity contribution in [2.45, 2.75) is 65.0 Å². The minimum atomic E-state index is -0.529. The smallest absolute Gasteiger partial charge is 0.338 e. The summed E-state index contributed by atoms with van der Waals surface area (Å²) in [7, 11) is 0. The van der Waals surface area contributed by atoms with Crippen LogP contribution in [0, 0.1) is 18.3 Å². The fourth-order valence-electron chi connectivity index (χ4n) is 7.37. The monoisotopic (exact) mass is 958 g/mol. The molecule has 0 aromatic carbocycles. The van der Waals surface area contributed by atoms with Gasteiger partial charge in [0.25, 0.3) is 0 Å². The molecule has 0 saturated carbocycles. The van der Waals surface area contributed by atoms with Gasteiger partial charge in [-0.1, -0.05) is 36.6 Å². The number of nitrogens with one attached hydrogen (secondary N) is 3. The molecule has 3 aromatic rings. The largest absolute Gasteiger partial charge is 1.00 e. The number of nitrogens with zero attached hydrogens (tertiary/aromatic N) is 13. The molecule has 0 bridgehead atoms. The molecule has 3 atom stereocenters. The van der Waals surface area contributed by atoms with E-state index in [4.69, 9.17) is 58.5 Å². The van der Waals surface area contributed by atoms with Crippen LogP contribution < -0.4 is 60.4 Å². The Morgan fingerprint density at radius 1 is 0.731 bits per heavy atom. The summed E-state index contributed by atoms with van der Waals surface area (Å²) in [5, 5.41) is 20.5. The van der Waals surface area contributed by atoms with Gasteiger partial charge < -0.3 is 51.5 Å². The van der Waals surface area contributed by atoms with E-state index >= 15 is 0 Å². The molecular weight excluding hydrogens is 888 g/mol. The Labute approximate surface area is 398 Å². The van der Waals surface area contributed by atoms with Crippen LogP contribution in [0.5, 0.6) is 0 Å². The van der Waals surface area contributed by atoms with Crippen LogP contribution in [-0.2, 0) is 36.6 Å². The average Bonchev–Trinajstić information content (AvgIpc) is 4.00. The Hall–Kier alpha value is -6.10. The number of aromatic nitrogens is 9. The summed E-state index contributed by atoms with van der Waals surface area (Å²) in [6.07, 6.45) is 12.5. The third-order valence-corrected chi connectivity index (χ3v) is 11.3. The molecule has 370 valence electrons. The normalized spacial score (nSPS) is 15.3. The van der Waals surface area contributed by atoms with E-state index in [9.17, 15) is 9.59 Å². The lowest BCUT2D eigenvalue weighted by Crippen LogP contribution is -3.00. The van der Waals surface area contributed by atoms with Gasteiger partial charge in [-0.2, -0.15) is 15.0 Å². The Bertz CT molecular complexity index is 2050. The summed E-state index contributed by atoms with van der Waals surface area (Å²) < 4.78 is 19.8. The van der Waals surface area contributed by atoms with Crippen molar-refractivity contribution < 1.29 is 46.2 Å². The molecule has 11 N–H and O–H groups in total. The van der Waals surface area contributed by atoms with Crippen LogP contribution >= 0.6 is 0 Å². The first-order valence-electron chi connectivity index (χ1n) is 22.8. The van der Waals surface area contributed by atoms with Crippen LogP contribution in [0.15, 0.2) is 12.4 Å². The zero-order chi connectivity index (χ0) is 47.3. The first kappa shape index (κ1) is 53.5. The molecule has 2 amide bonds. The molecule has 2 fully saturated rings. The molecule has 0 spiro atoms. The number of carbonyl (C=O) groups excluding carboxylic acids is 2. The molecule has 25 nitrogen and oxygen atoms in total. The summed E-state index contributed by atoms with van der Waals surface area (Å²) in [6.45, 7) is 13.9. The maximum Gasteiger partial charge on any atom is 0.338 e. The van der Waals surface area contributed by atoms with Gasteiger partial charge in [0.15, 0.2) is 0 Å². The van der Waals surface area contributed by atoms with E-state index < -0.39 is 12.1 Å². The van der Waals surface area contributed by atoms with Crippen molar-refractivity contribution in [2.24, 2.45) is 28.9 Å². The molecule has 2 aliphatic heterocycles. The van der Waals surface area contributed by atoms with Gasteiger partial charge in [-0.15, -0.1) is 16.6 Å². The van der Waals surface area contributed by atoms with Crippen molar-refractivity contribution in [3.8, 4) is 12.3 Å². The maximum atomic E-state index is 14.2. The van der Waals surface area contributed by atoms with Gasteiger partial charge in [0.2, 0.25) is 29.7 Å². The van der Waals surface area contributed by atoms with Gasteiger partial charge in [-0.3, -0.25) is 42.5 Å². The molecule has 0 aliphatic carbocycles. The van der Waals surface area contributed by atoms with Crippen LogP contribution in [0.2, 0.25) is 0 Å². The number of hydrogen-bond donors (Lipinski definition) is 7. The topological polar surface area (TPSA) is 319 Å². The van der Waals surface area contributed by atoms with Crippen LogP contribution in [0.1, 0.15) is 63.5 Å². The second-order valence-corrected chi connectivity index (χ2v) is 16.1. The number of rotatable bonds is 27. The second kappa shape index (κ2) is 28.2. The van der Waals surface area contributed by atoms with Crippen LogP contribution in [-0.4, -0.2) is 190 Å². The number of terminal acetylenes is 1. The molecule has 0 radical (unpaired) electrons. The van der Waals surface area contributed by atoms with E-state index in [1.165, 1.54) is 0 Å². The third-order valence-electron chi connectivity index (χ3n) is 11.3. The quantitative estimate of drug-likeness (QED) is 0.0162. The number of carbonyl (C=O) groups is 2. The Balaban J connectivity index is 0.00000980. The first-order chi connectivity index (χ1) is 32.0. The number of halogens is 1. The summed E-state index contributed by atoms with van der Waals surface area (Å²) in [6, 6.07) is -1.02. The van der Waals surface area contributed by atoms with E-state index in [0.717, 1.165) is 30.7 Å². The second-order valence-electron chi connectivity index (χ2n) is 16.1. The number of guanidine groups is 2. The Kier molecular flexibility index (Phi) is 22.5. The summed E-state index contributed by atoms with van der Waals surface area (Å²) >= 11 is 0. The number of anilines is 3. The lowest BCUT2D eigenvalue weighted by Gasteiger charge is -2.38. The van der Waals surface area contributed by atoms with E-state index in [0.29, 0.717) is 136 Å². The summed E-state index contributed by atoms with van der Waals surface area (Å²) in [5.41, 5.74) is 23.6. The lowest BCUT2D eigenvalue weighted by atomic mass is 9.97. The molecule has 67 heavy (non-hydrogen) atoms. The Morgan fingerprint density at radius 3 is 1.75 bits per heavy atom. The van der Waals surface area contributed by atoms with Gasteiger partial charge >= 0.3 is 11.9 Å². The average molecular weight is 959 g/mol. The molecule has 2 aliphatic rings. The zero-order valence-corrected chi connectivity index (χ0v) is 39.8. The third kappa shape index (κ3) is 16.9. The molecule has 5 rings (SSSR count). The molecule has 0 unspecified atom stereocenters. The number of amides is 2. The van der Waals surface area contributed by atoms with Crippen molar-refractivity contribution in [3.05, 3.63) is 23.8 Å². The highest BCUT2D eigenvalue weighted by atomic mass is 35.5. The van der Waals surface area contributed by atoms with Crippen LogP contribution in [0.4, 0.5) is 17.8 Å². The van der Waals surface area contributed by atoms with E-state index in [2.05, 4.69) is 65.5 Å². The van der Waals surface area contributed by atoms with Gasteiger partial charge in [0.05, 0.1) is 57.5 Å². The van der Waals surface area contributed by atoms with Crippen molar-refractivity contribution >= 4 is 41.6 Å². The van der Waals surface area contributed by atoms with Crippen molar-refractivity contribution in [1.29, 1.82) is 0 Å². The Morgan fingerprint density at radius 2 is 1.22 bits per heavy atom. The zero-order valence-electron chi connectivity index (χ0n) is 39.1. The highest BCUT2D eigenvalue weighted by Crippen LogP contribution is 2.26. The van der Waals surface area contributed by atoms with Gasteiger partial charge in [0, 0.05) is 71.3 Å². The number of nitrogens with two attached hydrogens (primary N) is 4. The lowest BCUT2D eigenvalue weighted by molar-refractivity contribution is -0.460. The van der Waals surface area contributed by atoms with Crippen LogP contribution in [0.3, 0.4) is 0 Å². The summed E-state index contributed by atoms with van der Waals surface area (Å²) in [5.74, 6) is 4.14. The number of hydrogen-bond acceptors (Lipinski definition) is 15. The maximum absolute atomic E-state index is 14.2. The minimum absolute atomic E-state index is 0. The number of piperazine rings is 2. The number of aryl methyl sites for hydroxylation is 2. The van der Waals surface area contributed by atoms with Crippen molar-refractivity contribution in [1.82, 2.24) is 54.7 Å².